The molecule has 0 unspecified atom stereocenters. The van der Waals surface area contributed by atoms with Crippen molar-refractivity contribution in [3.05, 3.63) is 100 Å². The first-order valence-corrected chi connectivity index (χ1v) is 10.4. The van der Waals surface area contributed by atoms with Crippen LogP contribution < -0.4 is 24.6 Å². The van der Waals surface area contributed by atoms with E-state index in [4.69, 9.17) is 23.4 Å². The fourth-order valence-corrected chi connectivity index (χ4v) is 3.26. The Bertz CT molecular complexity index is 1390. The second-order valence-corrected chi connectivity index (χ2v) is 7.23. The summed E-state index contributed by atoms with van der Waals surface area (Å²) in [5.41, 5.74) is 1.55. The van der Waals surface area contributed by atoms with Crippen molar-refractivity contribution in [1.82, 2.24) is 0 Å². The number of carbonyl (C=O) groups is 1. The van der Waals surface area contributed by atoms with Gasteiger partial charge in [0, 0.05) is 23.6 Å². The maximum atomic E-state index is 12.4. The van der Waals surface area contributed by atoms with Gasteiger partial charge >= 0.3 is 11.6 Å². The van der Waals surface area contributed by atoms with E-state index in [1.54, 1.807) is 43.5 Å². The van der Waals surface area contributed by atoms with Gasteiger partial charge in [-0.25, -0.2) is 9.59 Å². The second-order valence-electron chi connectivity index (χ2n) is 7.23. The van der Waals surface area contributed by atoms with Crippen LogP contribution in [0, 0.1) is 0 Å². The molecule has 0 saturated carbocycles. The zero-order chi connectivity index (χ0) is 23.9. The molecule has 7 nitrogen and oxygen atoms in total. The van der Waals surface area contributed by atoms with E-state index in [1.165, 1.54) is 25.3 Å². The molecule has 0 aliphatic carbocycles. The summed E-state index contributed by atoms with van der Waals surface area (Å²) in [6.07, 6.45) is 2.88. The van der Waals surface area contributed by atoms with E-state index < -0.39 is 11.6 Å². The summed E-state index contributed by atoms with van der Waals surface area (Å²) in [5, 5.41) is 0.647. The Hall–Kier alpha value is -4.52. The molecule has 1 heterocycles. The minimum absolute atomic E-state index is 0.140. The van der Waals surface area contributed by atoms with E-state index in [1.807, 2.05) is 30.3 Å². The number of rotatable bonds is 8. The third-order valence-electron chi connectivity index (χ3n) is 4.95. The van der Waals surface area contributed by atoms with Gasteiger partial charge in [-0.3, -0.25) is 0 Å². The first-order valence-electron chi connectivity index (χ1n) is 10.4. The molecule has 0 atom stereocenters. The Morgan fingerprint density at radius 1 is 0.853 bits per heavy atom. The molecule has 0 radical (unpaired) electrons. The predicted molar refractivity (Wildman–Crippen MR) is 127 cm³/mol. The van der Waals surface area contributed by atoms with Crippen LogP contribution in [0.2, 0.25) is 0 Å². The third kappa shape index (κ3) is 5.45. The first kappa shape index (κ1) is 22.7. The molecular weight excluding hydrogens is 436 g/mol. The Labute approximate surface area is 195 Å². The molecule has 0 aliphatic rings. The largest absolute Gasteiger partial charge is 0.493 e. The van der Waals surface area contributed by atoms with Gasteiger partial charge in [-0.1, -0.05) is 36.4 Å². The number of methoxy groups -OCH3 is 2. The Morgan fingerprint density at radius 3 is 2.38 bits per heavy atom. The predicted octanol–water partition coefficient (Wildman–Crippen LogP) is 5.01. The zero-order valence-electron chi connectivity index (χ0n) is 18.6. The molecule has 0 spiro atoms. The van der Waals surface area contributed by atoms with E-state index in [0.29, 0.717) is 29.2 Å². The number of esters is 1. The molecule has 1 aromatic heterocycles. The lowest BCUT2D eigenvalue weighted by molar-refractivity contribution is -0.129. The van der Waals surface area contributed by atoms with Crippen molar-refractivity contribution in [2.45, 2.75) is 6.61 Å². The van der Waals surface area contributed by atoms with Gasteiger partial charge < -0.3 is 23.4 Å². The maximum absolute atomic E-state index is 12.4. The van der Waals surface area contributed by atoms with Crippen molar-refractivity contribution in [2.24, 2.45) is 0 Å². The summed E-state index contributed by atoms with van der Waals surface area (Å²) in [7, 11) is 3.01. The average molecular weight is 458 g/mol. The molecule has 0 N–H and O–H groups in total. The van der Waals surface area contributed by atoms with E-state index in [2.05, 4.69) is 0 Å². The van der Waals surface area contributed by atoms with Crippen LogP contribution in [-0.4, -0.2) is 20.2 Å². The van der Waals surface area contributed by atoms with Gasteiger partial charge in [0.05, 0.1) is 14.2 Å². The number of carbonyl (C=O) groups excluding carboxylic acids is 1. The smallest absolute Gasteiger partial charge is 0.336 e. The lowest BCUT2D eigenvalue weighted by atomic mass is 10.2. The van der Waals surface area contributed by atoms with E-state index >= 15 is 0 Å². The molecule has 7 heteroatoms. The number of fused-ring (bicyclic) bond motifs is 1. The van der Waals surface area contributed by atoms with Gasteiger partial charge in [-0.05, 0) is 41.5 Å². The number of hydrogen-bond donors (Lipinski definition) is 0. The number of ether oxygens (including phenoxy) is 4. The van der Waals surface area contributed by atoms with E-state index in [-0.39, 0.29) is 11.3 Å². The minimum atomic E-state index is -0.626. The highest BCUT2D eigenvalue weighted by Gasteiger charge is 2.12. The zero-order valence-corrected chi connectivity index (χ0v) is 18.6. The highest BCUT2D eigenvalue weighted by molar-refractivity contribution is 5.90. The van der Waals surface area contributed by atoms with Crippen LogP contribution >= 0.6 is 0 Å². The lowest BCUT2D eigenvalue weighted by Crippen LogP contribution is -2.05. The Kier molecular flexibility index (Phi) is 6.93. The van der Waals surface area contributed by atoms with Crippen molar-refractivity contribution in [2.75, 3.05) is 14.2 Å². The normalized spacial score (nSPS) is 10.9. The molecule has 4 rings (SSSR count). The average Bonchev–Trinajstić information content (AvgIpc) is 2.86. The second kappa shape index (κ2) is 10.4. The molecule has 172 valence electrons. The lowest BCUT2D eigenvalue weighted by Gasteiger charge is -2.11. The molecule has 0 fully saturated rings. The van der Waals surface area contributed by atoms with Crippen LogP contribution in [0.5, 0.6) is 23.0 Å². The van der Waals surface area contributed by atoms with Crippen LogP contribution in [-0.2, 0) is 11.4 Å². The Morgan fingerprint density at radius 2 is 1.62 bits per heavy atom. The molecule has 0 amide bonds. The fraction of sp³-hybridized carbons (Fsp3) is 0.111. The van der Waals surface area contributed by atoms with Crippen LogP contribution in [0.3, 0.4) is 0 Å². The van der Waals surface area contributed by atoms with E-state index in [9.17, 15) is 9.59 Å². The standard InChI is InChI=1S/C27H22O7/c1-30-23-14-18(8-11-21(23)32-17-19-6-4-3-5-7-19)9-12-26(28)34-25-16-22-20(15-24(25)31-2)10-13-27(29)33-22/h3-16H,17H2,1-2H3/b12-9+. The first-order chi connectivity index (χ1) is 16.6. The summed E-state index contributed by atoms with van der Waals surface area (Å²) in [6, 6.07) is 21.1. The highest BCUT2D eigenvalue weighted by atomic mass is 16.6. The molecule has 0 saturated heterocycles. The molecule has 3 aromatic carbocycles. The summed E-state index contributed by atoms with van der Waals surface area (Å²) < 4.78 is 27.1. The summed E-state index contributed by atoms with van der Waals surface area (Å²) >= 11 is 0. The van der Waals surface area contributed by atoms with Crippen molar-refractivity contribution >= 4 is 23.0 Å². The quantitative estimate of drug-likeness (QED) is 0.159. The van der Waals surface area contributed by atoms with Crippen LogP contribution in [0.15, 0.2) is 88.1 Å². The maximum Gasteiger partial charge on any atom is 0.336 e. The highest BCUT2D eigenvalue weighted by Crippen LogP contribution is 2.32. The van der Waals surface area contributed by atoms with Crippen molar-refractivity contribution in [3.8, 4) is 23.0 Å². The van der Waals surface area contributed by atoms with Gasteiger partial charge in [-0.2, -0.15) is 0 Å². The van der Waals surface area contributed by atoms with Gasteiger partial charge in [0.2, 0.25) is 0 Å². The van der Waals surface area contributed by atoms with Crippen LogP contribution in [0.4, 0.5) is 0 Å². The van der Waals surface area contributed by atoms with Crippen molar-refractivity contribution < 1.29 is 28.2 Å². The number of hydrogen-bond acceptors (Lipinski definition) is 7. The summed E-state index contributed by atoms with van der Waals surface area (Å²) in [5.74, 6) is 0.983. The summed E-state index contributed by atoms with van der Waals surface area (Å²) in [4.78, 5) is 23.9. The topological polar surface area (TPSA) is 84.2 Å². The van der Waals surface area contributed by atoms with Crippen molar-refractivity contribution in [3.63, 3.8) is 0 Å². The number of benzene rings is 3. The van der Waals surface area contributed by atoms with Gasteiger partial charge in [0.25, 0.3) is 0 Å². The summed E-state index contributed by atoms with van der Waals surface area (Å²) in [6.45, 7) is 0.409. The minimum Gasteiger partial charge on any atom is -0.493 e. The molecule has 34 heavy (non-hydrogen) atoms. The third-order valence-corrected chi connectivity index (χ3v) is 4.95. The van der Waals surface area contributed by atoms with Gasteiger partial charge in [0.15, 0.2) is 23.0 Å². The van der Waals surface area contributed by atoms with Gasteiger partial charge in [0.1, 0.15) is 12.2 Å². The fourth-order valence-electron chi connectivity index (χ4n) is 3.26. The molecule has 0 bridgehead atoms. The van der Waals surface area contributed by atoms with Crippen LogP contribution in [0.25, 0.3) is 17.0 Å². The molecule has 4 aromatic rings. The van der Waals surface area contributed by atoms with Crippen molar-refractivity contribution in [1.29, 1.82) is 0 Å². The van der Waals surface area contributed by atoms with Gasteiger partial charge in [-0.15, -0.1) is 0 Å². The Balaban J connectivity index is 1.46. The van der Waals surface area contributed by atoms with Crippen LogP contribution in [0.1, 0.15) is 11.1 Å². The SMILES string of the molecule is COc1cc(/C=C/C(=O)Oc2cc3oc(=O)ccc3cc2OC)ccc1OCc1ccccc1. The molecular formula is C27H22O7. The molecule has 0 aliphatic heterocycles. The monoisotopic (exact) mass is 458 g/mol. The van der Waals surface area contributed by atoms with E-state index in [0.717, 1.165) is 11.1 Å².